The summed E-state index contributed by atoms with van der Waals surface area (Å²) in [5, 5.41) is 13.1. The quantitative estimate of drug-likeness (QED) is 0.911. The molecule has 0 spiro atoms. The second kappa shape index (κ2) is 5.24. The summed E-state index contributed by atoms with van der Waals surface area (Å²) in [6.45, 7) is 8.32. The van der Waals surface area contributed by atoms with E-state index in [1.165, 1.54) is 0 Å². The highest BCUT2D eigenvalue weighted by atomic mass is 16.3. The lowest BCUT2D eigenvalue weighted by atomic mass is 9.87. The van der Waals surface area contributed by atoms with Gasteiger partial charge in [0, 0.05) is 23.9 Å². The number of nitrogens with zero attached hydrogens (tertiary/aromatic N) is 2. The Labute approximate surface area is 137 Å². The van der Waals surface area contributed by atoms with Gasteiger partial charge in [0.25, 0.3) is 0 Å². The molecule has 0 aromatic heterocycles. The number of aliphatic hydroxyl groups is 1. The van der Waals surface area contributed by atoms with Gasteiger partial charge in [0.1, 0.15) is 5.72 Å². The zero-order valence-corrected chi connectivity index (χ0v) is 14.2. The van der Waals surface area contributed by atoms with Crippen LogP contribution < -0.4 is 4.90 Å². The summed E-state index contributed by atoms with van der Waals surface area (Å²) in [5.41, 5.74) is -0.848. The van der Waals surface area contributed by atoms with E-state index in [1.807, 2.05) is 68.1 Å². The number of rotatable bonds is 2. The molecule has 0 saturated carbocycles. The Kier molecular flexibility index (Phi) is 3.60. The van der Waals surface area contributed by atoms with Crippen LogP contribution in [0.5, 0.6) is 0 Å². The summed E-state index contributed by atoms with van der Waals surface area (Å²) >= 11 is 0. The molecule has 1 N–H and O–H groups in total. The minimum atomic E-state index is -1.23. The zero-order chi connectivity index (χ0) is 16.8. The summed E-state index contributed by atoms with van der Waals surface area (Å²) in [6.07, 6.45) is 0.489. The van der Waals surface area contributed by atoms with Gasteiger partial charge in [-0.25, -0.2) is 4.79 Å². The van der Waals surface area contributed by atoms with Crippen LogP contribution in [0.1, 0.15) is 34.1 Å². The highest BCUT2D eigenvalue weighted by Gasteiger charge is 2.50. The van der Waals surface area contributed by atoms with Crippen LogP contribution in [-0.2, 0) is 0 Å². The highest BCUT2D eigenvalue weighted by Crippen LogP contribution is 2.40. The predicted molar refractivity (Wildman–Crippen MR) is 93.5 cm³/mol. The third-order valence-electron chi connectivity index (χ3n) is 4.73. The van der Waals surface area contributed by atoms with E-state index in [-0.39, 0.29) is 11.6 Å². The number of carbonyl (C=O) groups excluding carboxylic acids is 1. The van der Waals surface area contributed by atoms with Crippen molar-refractivity contribution in [2.24, 2.45) is 0 Å². The topological polar surface area (TPSA) is 43.8 Å². The number of amides is 2. The van der Waals surface area contributed by atoms with Crippen molar-refractivity contribution in [3.8, 4) is 0 Å². The molecule has 2 aromatic rings. The molecule has 23 heavy (non-hydrogen) atoms. The van der Waals surface area contributed by atoms with Gasteiger partial charge in [0.2, 0.25) is 0 Å². The van der Waals surface area contributed by atoms with Gasteiger partial charge in [-0.3, -0.25) is 4.90 Å². The summed E-state index contributed by atoms with van der Waals surface area (Å²) in [6, 6.07) is 13.6. The molecule has 1 aliphatic rings. The van der Waals surface area contributed by atoms with E-state index >= 15 is 0 Å². The lowest BCUT2D eigenvalue weighted by molar-refractivity contribution is -0.0237. The van der Waals surface area contributed by atoms with Crippen molar-refractivity contribution in [2.45, 2.75) is 45.4 Å². The molecular weight excluding hydrogens is 288 g/mol. The lowest BCUT2D eigenvalue weighted by Gasteiger charge is -2.53. The van der Waals surface area contributed by atoms with Gasteiger partial charge < -0.3 is 10.0 Å². The fourth-order valence-corrected chi connectivity index (χ4v) is 3.91. The van der Waals surface area contributed by atoms with Crippen molar-refractivity contribution >= 4 is 22.5 Å². The smallest absolute Gasteiger partial charge is 0.327 e. The average molecular weight is 312 g/mol. The number of hydrogen-bond donors (Lipinski definition) is 1. The number of urea groups is 1. The molecule has 4 heteroatoms. The Morgan fingerprint density at radius 1 is 1.09 bits per heavy atom. The van der Waals surface area contributed by atoms with Gasteiger partial charge in [-0.2, -0.15) is 0 Å². The van der Waals surface area contributed by atoms with Crippen molar-refractivity contribution in [3.63, 3.8) is 0 Å². The van der Waals surface area contributed by atoms with Crippen molar-refractivity contribution < 1.29 is 9.90 Å². The van der Waals surface area contributed by atoms with Gasteiger partial charge in [-0.1, -0.05) is 36.4 Å². The maximum absolute atomic E-state index is 13.1. The molecule has 1 fully saturated rings. The summed E-state index contributed by atoms with van der Waals surface area (Å²) < 4.78 is 0. The maximum Gasteiger partial charge on any atom is 0.327 e. The Hall–Kier alpha value is -2.07. The number of fused-ring (bicyclic) bond motifs is 1. The number of anilines is 1. The van der Waals surface area contributed by atoms with E-state index in [2.05, 4.69) is 0 Å². The SMILES string of the molecule is CCN1C(=O)N(c2cccc3ccccc23)[C@](C)(O)CC1(C)C. The number of hydrogen-bond acceptors (Lipinski definition) is 2. The van der Waals surface area contributed by atoms with Crippen LogP contribution in [-0.4, -0.2) is 33.8 Å². The van der Waals surface area contributed by atoms with Crippen molar-refractivity contribution in [3.05, 3.63) is 42.5 Å². The Morgan fingerprint density at radius 2 is 1.74 bits per heavy atom. The van der Waals surface area contributed by atoms with Crippen molar-refractivity contribution in [2.75, 3.05) is 11.4 Å². The Balaban J connectivity index is 2.18. The molecule has 1 heterocycles. The fraction of sp³-hybridized carbons (Fsp3) is 0.421. The van der Waals surface area contributed by atoms with E-state index in [4.69, 9.17) is 0 Å². The van der Waals surface area contributed by atoms with Gasteiger partial charge in [-0.15, -0.1) is 0 Å². The molecule has 122 valence electrons. The average Bonchev–Trinajstić information content (AvgIpc) is 2.45. The first-order chi connectivity index (χ1) is 10.8. The third kappa shape index (κ3) is 2.47. The summed E-state index contributed by atoms with van der Waals surface area (Å²) in [7, 11) is 0. The van der Waals surface area contributed by atoms with Crippen LogP contribution in [0.3, 0.4) is 0 Å². The Bertz CT molecular complexity index is 747. The molecular formula is C19H24N2O2. The predicted octanol–water partition coefficient (Wildman–Crippen LogP) is 3.98. The molecule has 1 saturated heterocycles. The van der Waals surface area contributed by atoms with Crippen molar-refractivity contribution in [1.29, 1.82) is 0 Å². The molecule has 4 nitrogen and oxygen atoms in total. The first-order valence-electron chi connectivity index (χ1n) is 8.10. The van der Waals surface area contributed by atoms with Crippen LogP contribution in [0.15, 0.2) is 42.5 Å². The van der Waals surface area contributed by atoms with E-state index in [9.17, 15) is 9.90 Å². The minimum Gasteiger partial charge on any atom is -0.371 e. The van der Waals surface area contributed by atoms with Gasteiger partial charge in [0.05, 0.1) is 5.69 Å². The van der Waals surface area contributed by atoms with Crippen LogP contribution in [0.2, 0.25) is 0 Å². The fourth-order valence-electron chi connectivity index (χ4n) is 3.91. The molecule has 3 rings (SSSR count). The molecule has 2 aromatic carbocycles. The van der Waals surface area contributed by atoms with E-state index in [0.717, 1.165) is 16.5 Å². The van der Waals surface area contributed by atoms with Crippen LogP contribution in [0.25, 0.3) is 10.8 Å². The second-order valence-electron chi connectivity index (χ2n) is 7.07. The van der Waals surface area contributed by atoms with Gasteiger partial charge in [0.15, 0.2) is 0 Å². The van der Waals surface area contributed by atoms with E-state index < -0.39 is 5.72 Å². The van der Waals surface area contributed by atoms with E-state index in [0.29, 0.717) is 13.0 Å². The molecule has 1 aliphatic heterocycles. The second-order valence-corrected chi connectivity index (χ2v) is 7.07. The largest absolute Gasteiger partial charge is 0.371 e. The minimum absolute atomic E-state index is 0.148. The van der Waals surface area contributed by atoms with Crippen LogP contribution >= 0.6 is 0 Å². The monoisotopic (exact) mass is 312 g/mol. The summed E-state index contributed by atoms with van der Waals surface area (Å²) in [5.74, 6) is 0. The summed E-state index contributed by atoms with van der Waals surface area (Å²) in [4.78, 5) is 16.5. The molecule has 1 atom stereocenters. The van der Waals surface area contributed by atoms with Gasteiger partial charge >= 0.3 is 6.03 Å². The molecule has 0 unspecified atom stereocenters. The van der Waals surface area contributed by atoms with Gasteiger partial charge in [-0.05, 0) is 39.1 Å². The molecule has 0 bridgehead atoms. The van der Waals surface area contributed by atoms with Crippen molar-refractivity contribution in [1.82, 2.24) is 4.90 Å². The first-order valence-corrected chi connectivity index (χ1v) is 8.10. The van der Waals surface area contributed by atoms with Crippen LogP contribution in [0.4, 0.5) is 10.5 Å². The zero-order valence-electron chi connectivity index (χ0n) is 14.2. The molecule has 0 aliphatic carbocycles. The van der Waals surface area contributed by atoms with Crippen LogP contribution in [0, 0.1) is 0 Å². The number of benzene rings is 2. The lowest BCUT2D eigenvalue weighted by Crippen LogP contribution is -2.68. The normalized spacial score (nSPS) is 24.3. The maximum atomic E-state index is 13.1. The Morgan fingerprint density at radius 3 is 2.43 bits per heavy atom. The first kappa shape index (κ1) is 15.8. The molecule has 2 amide bonds. The number of carbonyl (C=O) groups is 1. The highest BCUT2D eigenvalue weighted by molar-refractivity contribution is 6.04. The molecule has 0 radical (unpaired) electrons. The third-order valence-corrected chi connectivity index (χ3v) is 4.73. The standard InChI is InChI=1S/C19H24N2O2/c1-5-20-17(22)21(19(4,23)13-18(20,2)3)16-12-8-10-14-9-6-7-11-15(14)16/h6-12,23H,5,13H2,1-4H3/t19-/m1/s1. The van der Waals surface area contributed by atoms with E-state index in [1.54, 1.807) is 11.8 Å².